The minimum Gasteiger partial charge on any atom is -0.382 e. The van der Waals surface area contributed by atoms with Crippen molar-refractivity contribution in [2.75, 3.05) is 20.7 Å². The Labute approximate surface area is 105 Å². The molecule has 0 aliphatic rings. The largest absolute Gasteiger partial charge is 0.382 e. The lowest BCUT2D eigenvalue weighted by Gasteiger charge is -2.20. The van der Waals surface area contributed by atoms with E-state index < -0.39 is 0 Å². The Morgan fingerprint density at radius 3 is 2.41 bits per heavy atom. The van der Waals surface area contributed by atoms with E-state index >= 15 is 0 Å². The van der Waals surface area contributed by atoms with Crippen LogP contribution in [0.2, 0.25) is 0 Å². The topological polar surface area (TPSA) is 21.3 Å². The zero-order valence-corrected chi connectivity index (χ0v) is 11.5. The second-order valence-electron chi connectivity index (χ2n) is 4.90. The fourth-order valence-electron chi connectivity index (χ4n) is 2.15. The third kappa shape index (κ3) is 5.33. The number of ether oxygens (including phenoxy) is 1. The monoisotopic (exact) mass is 235 g/mol. The quantitative estimate of drug-likeness (QED) is 0.784. The number of benzene rings is 1. The highest BCUT2D eigenvalue weighted by Gasteiger charge is 2.13. The van der Waals surface area contributed by atoms with Gasteiger partial charge in [-0.15, -0.1) is 0 Å². The molecule has 2 nitrogen and oxygen atoms in total. The molecule has 1 aromatic carbocycles. The van der Waals surface area contributed by atoms with Crippen molar-refractivity contribution in [2.24, 2.45) is 5.92 Å². The molecule has 0 saturated heterocycles. The predicted molar refractivity (Wildman–Crippen MR) is 73.4 cm³/mol. The highest BCUT2D eigenvalue weighted by atomic mass is 16.5. The van der Waals surface area contributed by atoms with E-state index in [0.717, 1.165) is 19.4 Å². The Morgan fingerprint density at radius 2 is 1.88 bits per heavy atom. The number of nitrogens with one attached hydrogen (secondary N) is 1. The van der Waals surface area contributed by atoms with Gasteiger partial charge >= 0.3 is 0 Å². The molecule has 1 rings (SSSR count). The lowest BCUT2D eigenvalue weighted by atomic mass is 9.93. The van der Waals surface area contributed by atoms with Gasteiger partial charge in [0.2, 0.25) is 0 Å². The fourth-order valence-corrected chi connectivity index (χ4v) is 2.15. The first-order valence-corrected chi connectivity index (χ1v) is 6.38. The molecule has 0 amide bonds. The Bertz CT molecular complexity index is 307. The predicted octanol–water partition coefficient (Wildman–Crippen LogP) is 2.80. The molecule has 0 aromatic heterocycles. The maximum Gasteiger partial charge on any atom is 0.0546 e. The van der Waals surface area contributed by atoms with E-state index in [4.69, 9.17) is 4.74 Å². The Balaban J connectivity index is 2.56. The minimum absolute atomic E-state index is 0.332. The molecule has 1 aromatic rings. The van der Waals surface area contributed by atoms with E-state index in [0.29, 0.717) is 12.0 Å². The zero-order chi connectivity index (χ0) is 12.7. The van der Waals surface area contributed by atoms with Crippen molar-refractivity contribution in [3.63, 3.8) is 0 Å². The van der Waals surface area contributed by atoms with Gasteiger partial charge in [0.15, 0.2) is 0 Å². The number of aryl methyl sites for hydroxylation is 1. The second kappa shape index (κ2) is 7.46. The van der Waals surface area contributed by atoms with E-state index in [1.54, 1.807) is 7.11 Å². The summed E-state index contributed by atoms with van der Waals surface area (Å²) in [6, 6.07) is 8.84. The average molecular weight is 235 g/mol. The number of hydrogen-bond acceptors (Lipinski definition) is 2. The van der Waals surface area contributed by atoms with E-state index in [1.807, 2.05) is 7.05 Å². The van der Waals surface area contributed by atoms with Gasteiger partial charge in [0, 0.05) is 7.11 Å². The summed E-state index contributed by atoms with van der Waals surface area (Å²) >= 11 is 0. The number of hydrogen-bond donors (Lipinski definition) is 1. The zero-order valence-electron chi connectivity index (χ0n) is 11.5. The first-order valence-electron chi connectivity index (χ1n) is 6.38. The first-order chi connectivity index (χ1) is 8.15. The van der Waals surface area contributed by atoms with Gasteiger partial charge in [-0.2, -0.15) is 0 Å². The molecule has 0 saturated carbocycles. The molecule has 96 valence electrons. The summed E-state index contributed by atoms with van der Waals surface area (Å²) in [7, 11) is 3.80. The van der Waals surface area contributed by atoms with Crippen LogP contribution in [0, 0.1) is 12.8 Å². The van der Waals surface area contributed by atoms with Gasteiger partial charge in [0.1, 0.15) is 0 Å². The molecule has 2 heteroatoms. The molecule has 0 radical (unpaired) electrons. The molecule has 17 heavy (non-hydrogen) atoms. The lowest BCUT2D eigenvalue weighted by molar-refractivity contribution is 0.0949. The summed E-state index contributed by atoms with van der Waals surface area (Å²) in [5.41, 5.74) is 2.74. The third-order valence-corrected chi connectivity index (χ3v) is 3.21. The van der Waals surface area contributed by atoms with Crippen LogP contribution in [0.25, 0.3) is 0 Å². The lowest BCUT2D eigenvalue weighted by Crippen LogP contribution is -2.24. The van der Waals surface area contributed by atoms with Crippen molar-refractivity contribution in [2.45, 2.75) is 32.8 Å². The third-order valence-electron chi connectivity index (χ3n) is 3.21. The maximum atomic E-state index is 5.36. The molecule has 0 aliphatic carbocycles. The summed E-state index contributed by atoms with van der Waals surface area (Å²) in [5.74, 6) is 0.637. The molecule has 2 atom stereocenters. The molecule has 0 heterocycles. The molecule has 0 aliphatic heterocycles. The summed E-state index contributed by atoms with van der Waals surface area (Å²) < 4.78 is 5.36. The normalized spacial score (nSPS) is 14.6. The van der Waals surface area contributed by atoms with E-state index in [-0.39, 0.29) is 0 Å². The van der Waals surface area contributed by atoms with Crippen LogP contribution in [-0.2, 0) is 11.2 Å². The summed E-state index contributed by atoms with van der Waals surface area (Å²) in [4.78, 5) is 0. The van der Waals surface area contributed by atoms with Crippen LogP contribution in [0.3, 0.4) is 0 Å². The Kier molecular flexibility index (Phi) is 6.23. The van der Waals surface area contributed by atoms with Gasteiger partial charge in [-0.25, -0.2) is 0 Å². The number of rotatable bonds is 7. The standard InChI is InChI=1S/C15H25NO/c1-12-5-7-14(8-6-12)10-15(11-16-3)9-13(2)17-4/h5-8,13,15-16H,9-11H2,1-4H3. The molecule has 2 unspecified atom stereocenters. The van der Waals surface area contributed by atoms with Crippen molar-refractivity contribution < 1.29 is 4.74 Å². The molecule has 0 spiro atoms. The van der Waals surface area contributed by atoms with Crippen LogP contribution < -0.4 is 5.32 Å². The van der Waals surface area contributed by atoms with Crippen molar-refractivity contribution in [1.82, 2.24) is 5.32 Å². The second-order valence-corrected chi connectivity index (χ2v) is 4.90. The molecule has 1 N–H and O–H groups in total. The van der Waals surface area contributed by atoms with Crippen LogP contribution in [0.5, 0.6) is 0 Å². The van der Waals surface area contributed by atoms with Gasteiger partial charge in [-0.1, -0.05) is 29.8 Å². The van der Waals surface area contributed by atoms with Gasteiger partial charge in [-0.3, -0.25) is 0 Å². The molecule has 0 bridgehead atoms. The minimum atomic E-state index is 0.332. The molecular weight excluding hydrogens is 210 g/mol. The van der Waals surface area contributed by atoms with Gasteiger partial charge < -0.3 is 10.1 Å². The van der Waals surface area contributed by atoms with Crippen molar-refractivity contribution >= 4 is 0 Å². The molecule has 0 fully saturated rings. The first kappa shape index (κ1) is 14.2. The SMILES string of the molecule is CNCC(Cc1ccc(C)cc1)CC(C)OC. The van der Waals surface area contributed by atoms with Crippen LogP contribution >= 0.6 is 0 Å². The summed E-state index contributed by atoms with van der Waals surface area (Å²) in [6.07, 6.45) is 2.55. The van der Waals surface area contributed by atoms with Crippen molar-refractivity contribution in [1.29, 1.82) is 0 Å². The highest BCUT2D eigenvalue weighted by molar-refractivity contribution is 5.21. The molecular formula is C15H25NO. The van der Waals surface area contributed by atoms with Crippen molar-refractivity contribution in [3.05, 3.63) is 35.4 Å². The maximum absolute atomic E-state index is 5.36. The van der Waals surface area contributed by atoms with E-state index in [2.05, 4.69) is 43.4 Å². The highest BCUT2D eigenvalue weighted by Crippen LogP contribution is 2.15. The van der Waals surface area contributed by atoms with Gasteiger partial charge in [-0.05, 0) is 51.8 Å². The Morgan fingerprint density at radius 1 is 1.24 bits per heavy atom. The van der Waals surface area contributed by atoms with Crippen LogP contribution in [-0.4, -0.2) is 26.8 Å². The van der Waals surface area contributed by atoms with Crippen LogP contribution in [0.1, 0.15) is 24.5 Å². The smallest absolute Gasteiger partial charge is 0.0546 e. The summed E-state index contributed by atoms with van der Waals surface area (Å²) in [6.45, 7) is 5.31. The van der Waals surface area contributed by atoms with E-state index in [9.17, 15) is 0 Å². The van der Waals surface area contributed by atoms with Crippen LogP contribution in [0.15, 0.2) is 24.3 Å². The fraction of sp³-hybridized carbons (Fsp3) is 0.600. The van der Waals surface area contributed by atoms with Gasteiger partial charge in [0.25, 0.3) is 0 Å². The van der Waals surface area contributed by atoms with Crippen molar-refractivity contribution in [3.8, 4) is 0 Å². The Hall–Kier alpha value is -0.860. The van der Waals surface area contributed by atoms with Crippen LogP contribution in [0.4, 0.5) is 0 Å². The average Bonchev–Trinajstić information content (AvgIpc) is 2.32. The summed E-state index contributed by atoms with van der Waals surface area (Å²) in [5, 5.41) is 3.27. The van der Waals surface area contributed by atoms with E-state index in [1.165, 1.54) is 11.1 Å². The van der Waals surface area contributed by atoms with Gasteiger partial charge in [0.05, 0.1) is 6.10 Å². The number of methoxy groups -OCH3 is 1.